The lowest BCUT2D eigenvalue weighted by molar-refractivity contribution is -0.172. The number of aromatic nitrogens is 2. The zero-order valence-corrected chi connectivity index (χ0v) is 46.0. The number of aliphatic hydroxyl groups is 2. The summed E-state index contributed by atoms with van der Waals surface area (Å²) in [5, 5.41) is 35.7. The van der Waals surface area contributed by atoms with Crippen LogP contribution in [0.1, 0.15) is 176 Å². The first-order valence-corrected chi connectivity index (χ1v) is 27.9. The number of esters is 3. The predicted molar refractivity (Wildman–Crippen MR) is 297 cm³/mol. The molecule has 408 valence electrons. The summed E-state index contributed by atoms with van der Waals surface area (Å²) in [4.78, 5) is 74.1. The van der Waals surface area contributed by atoms with Crippen molar-refractivity contribution in [3.63, 3.8) is 0 Å². The van der Waals surface area contributed by atoms with Crippen LogP contribution in [0.25, 0.3) is 44.1 Å². The maximum Gasteiger partial charge on any atom is 0.343 e. The number of cyclic esters (lactones) is 2. The van der Waals surface area contributed by atoms with Gasteiger partial charge in [-0.15, -0.1) is 0 Å². The number of unbranched alkanes of at least 4 members (excludes halogenated alkanes) is 8. The standard InChI is InChI=1S/C31H35NO6.C23H21NO5.C8H15ClO/c1-4-7-8-9-10-11-28(33)38-20-13-12-19-14-23-24(21(5-2)22(19)15-20)17-32-27(23)16-26-25(29(32)34)18-37-30(35)31(26,36)6-3;1-3-14-15-8-13(25)6-5-12(15)7-16-17(14)10-24-20(16)9-19-18(21(24)26)11-29-22(27)23(19,28)4-2;1-2-3-4-5-6-7-8(9)10/h12-16,36H,4-11,17-18H2,1-3H3;5-9,25,28H,3-4,10-11H2,1-2H3;2-7H2,1H3/t31-;23-;/m00./s1. The molecule has 14 nitrogen and oxygen atoms in total. The first-order valence-electron chi connectivity index (χ1n) is 27.6. The number of aryl methyl sites for hydroxylation is 2. The van der Waals surface area contributed by atoms with E-state index in [2.05, 4.69) is 27.7 Å². The van der Waals surface area contributed by atoms with E-state index in [4.69, 9.17) is 25.8 Å². The molecule has 0 unspecified atom stereocenters. The van der Waals surface area contributed by atoms with E-state index in [1.54, 1.807) is 47.2 Å². The van der Waals surface area contributed by atoms with Crippen molar-refractivity contribution in [1.82, 2.24) is 9.13 Å². The quantitative estimate of drug-likeness (QED) is 0.0338. The maximum absolute atomic E-state index is 13.5. The maximum atomic E-state index is 13.5. The molecule has 4 aromatic carbocycles. The molecule has 2 atom stereocenters. The van der Waals surface area contributed by atoms with Crippen molar-refractivity contribution >= 4 is 56.3 Å². The molecule has 0 radical (unpaired) electrons. The van der Waals surface area contributed by atoms with Crippen molar-refractivity contribution < 1.29 is 48.7 Å². The molecule has 10 rings (SSSR count). The van der Waals surface area contributed by atoms with E-state index in [9.17, 15) is 44.1 Å². The number of phenolic OH excluding ortho intramolecular Hbond substituents is 1. The van der Waals surface area contributed by atoms with Crippen molar-refractivity contribution in [3.05, 3.63) is 126 Å². The van der Waals surface area contributed by atoms with Gasteiger partial charge in [-0.2, -0.15) is 0 Å². The average molecular weight is 1070 g/mol. The summed E-state index contributed by atoms with van der Waals surface area (Å²) in [6.45, 7) is 12.4. The minimum Gasteiger partial charge on any atom is -0.508 e. The van der Waals surface area contributed by atoms with Gasteiger partial charge in [-0.1, -0.05) is 105 Å². The second-order valence-electron chi connectivity index (χ2n) is 20.6. The Morgan fingerprint density at radius 1 is 0.584 bits per heavy atom. The Morgan fingerprint density at radius 2 is 1.04 bits per heavy atom. The summed E-state index contributed by atoms with van der Waals surface area (Å²) in [7, 11) is 0. The van der Waals surface area contributed by atoms with Gasteiger partial charge >= 0.3 is 17.9 Å². The number of hydrogen-bond acceptors (Lipinski definition) is 12. The fourth-order valence-electron chi connectivity index (χ4n) is 11.5. The third-order valence-corrected chi connectivity index (χ3v) is 16.0. The van der Waals surface area contributed by atoms with Crippen molar-refractivity contribution in [2.45, 2.75) is 182 Å². The van der Waals surface area contributed by atoms with Gasteiger partial charge < -0.3 is 38.7 Å². The summed E-state index contributed by atoms with van der Waals surface area (Å²) < 4.78 is 19.4. The summed E-state index contributed by atoms with van der Waals surface area (Å²) in [5.74, 6) is -0.912. The highest BCUT2D eigenvalue weighted by Gasteiger charge is 2.47. The van der Waals surface area contributed by atoms with Crippen LogP contribution in [0.2, 0.25) is 0 Å². The summed E-state index contributed by atoms with van der Waals surface area (Å²) >= 11 is 5.15. The second-order valence-corrected chi connectivity index (χ2v) is 21.0. The third-order valence-electron chi connectivity index (χ3n) is 15.9. The molecule has 0 bridgehead atoms. The van der Waals surface area contributed by atoms with E-state index in [0.29, 0.717) is 65.3 Å². The lowest BCUT2D eigenvalue weighted by Crippen LogP contribution is -2.44. The Labute approximate surface area is 453 Å². The first-order chi connectivity index (χ1) is 37.0. The highest BCUT2D eigenvalue weighted by molar-refractivity contribution is 6.63. The number of fused-ring (bicyclic) bond motifs is 10. The van der Waals surface area contributed by atoms with Crippen LogP contribution >= 0.6 is 11.6 Å². The number of carbonyl (C=O) groups excluding carboxylic acids is 4. The first kappa shape index (κ1) is 56.6. The minimum atomic E-state index is -1.83. The van der Waals surface area contributed by atoms with Crippen LogP contribution in [-0.4, -0.2) is 47.6 Å². The zero-order valence-electron chi connectivity index (χ0n) is 45.2. The van der Waals surface area contributed by atoms with E-state index in [-0.39, 0.29) is 54.1 Å². The normalized spacial score (nSPS) is 17.4. The number of aromatic hydroxyl groups is 1. The zero-order chi connectivity index (χ0) is 55.3. The molecule has 4 aliphatic rings. The van der Waals surface area contributed by atoms with E-state index in [1.165, 1.54) is 32.1 Å². The van der Waals surface area contributed by atoms with E-state index >= 15 is 0 Å². The molecule has 0 amide bonds. The topological polar surface area (TPSA) is 201 Å². The molecule has 0 spiro atoms. The molecule has 0 fully saturated rings. The van der Waals surface area contributed by atoms with E-state index in [0.717, 1.165) is 99.9 Å². The van der Waals surface area contributed by atoms with Gasteiger partial charge in [0.15, 0.2) is 11.2 Å². The van der Waals surface area contributed by atoms with Crippen LogP contribution < -0.4 is 15.9 Å². The number of ether oxygens (including phenoxy) is 3. The monoisotopic (exact) mass is 1070 g/mol. The Kier molecular flexibility index (Phi) is 17.6. The SMILES string of the molecule is CCCCCCCC(=O)Cl.CCCCCCCC(=O)Oc1ccc2cc3c(c(CC)c2c1)Cn1c-3cc2c(c1=O)COC(=O)[C@]2(O)CC.CCc1c2c(cc3ccc(O)cc13)-c1cc3c(c(=O)n1C2)COC(=O)[C@]3(O)CC. The average Bonchev–Trinajstić information content (AvgIpc) is 4.07. The summed E-state index contributed by atoms with van der Waals surface area (Å²) in [6.07, 6.45) is 13.9. The largest absolute Gasteiger partial charge is 0.508 e. The number of phenols is 1. The number of hydrogen-bond donors (Lipinski definition) is 3. The molecule has 77 heavy (non-hydrogen) atoms. The lowest BCUT2D eigenvalue weighted by atomic mass is 9.85. The predicted octanol–water partition coefficient (Wildman–Crippen LogP) is 11.6. The molecule has 6 aromatic rings. The van der Waals surface area contributed by atoms with Gasteiger partial charge in [0.1, 0.15) is 24.7 Å². The van der Waals surface area contributed by atoms with Crippen LogP contribution in [0, 0.1) is 0 Å². The Morgan fingerprint density at radius 3 is 1.49 bits per heavy atom. The van der Waals surface area contributed by atoms with Crippen molar-refractivity contribution in [2.24, 2.45) is 0 Å². The van der Waals surface area contributed by atoms with Gasteiger partial charge in [0.2, 0.25) is 5.24 Å². The highest BCUT2D eigenvalue weighted by Crippen LogP contribution is 2.44. The fourth-order valence-corrected chi connectivity index (χ4v) is 11.6. The molecule has 15 heteroatoms. The van der Waals surface area contributed by atoms with Crippen LogP contribution in [0.4, 0.5) is 0 Å². The van der Waals surface area contributed by atoms with Crippen molar-refractivity contribution in [3.8, 4) is 34.0 Å². The van der Waals surface area contributed by atoms with Crippen LogP contribution in [0.15, 0.2) is 70.3 Å². The van der Waals surface area contributed by atoms with Crippen LogP contribution in [0.5, 0.6) is 11.5 Å². The molecule has 2 aromatic heterocycles. The molecule has 4 aliphatic heterocycles. The molecular formula is C62H71ClN2O12. The molecule has 3 N–H and O–H groups in total. The molecule has 0 aliphatic carbocycles. The number of benzene rings is 4. The Hall–Kier alpha value is -6.61. The number of halogens is 1. The van der Waals surface area contributed by atoms with Gasteiger partial charge in [-0.3, -0.25) is 19.2 Å². The fraction of sp³-hybridized carbons (Fsp3) is 0.452. The van der Waals surface area contributed by atoms with Gasteiger partial charge in [0, 0.05) is 35.1 Å². The van der Waals surface area contributed by atoms with Crippen molar-refractivity contribution in [1.29, 1.82) is 0 Å². The number of rotatable bonds is 17. The number of nitrogens with zero attached hydrogens (tertiary/aromatic N) is 2. The number of pyridine rings is 2. The van der Waals surface area contributed by atoms with E-state index in [1.807, 2.05) is 36.4 Å². The summed E-state index contributed by atoms with van der Waals surface area (Å²) in [5.41, 5.74) is 4.75. The Bertz CT molecular complexity index is 3410. The van der Waals surface area contributed by atoms with Crippen LogP contribution in [0.3, 0.4) is 0 Å². The molecule has 0 saturated heterocycles. The lowest BCUT2D eigenvalue weighted by Gasteiger charge is -2.31. The molecular weight excluding hydrogens is 1000 g/mol. The van der Waals surface area contributed by atoms with Crippen molar-refractivity contribution in [2.75, 3.05) is 0 Å². The van der Waals surface area contributed by atoms with Gasteiger partial charge in [-0.25, -0.2) is 9.59 Å². The van der Waals surface area contributed by atoms with Gasteiger partial charge in [0.05, 0.1) is 35.6 Å². The summed E-state index contributed by atoms with van der Waals surface area (Å²) in [6, 6.07) is 18.6. The second kappa shape index (κ2) is 24.0. The molecule has 6 heterocycles. The van der Waals surface area contributed by atoms with Crippen LogP contribution in [-0.2, 0) is 79.0 Å². The van der Waals surface area contributed by atoms with Gasteiger partial charge in [-0.05, 0) is 142 Å². The molecule has 0 saturated carbocycles. The Balaban J connectivity index is 0.000000177. The van der Waals surface area contributed by atoms with E-state index < -0.39 is 23.1 Å². The smallest absolute Gasteiger partial charge is 0.343 e. The minimum absolute atomic E-state index is 0.118. The highest BCUT2D eigenvalue weighted by atomic mass is 35.5. The van der Waals surface area contributed by atoms with Gasteiger partial charge in [0.25, 0.3) is 11.1 Å². The third kappa shape index (κ3) is 11.0. The number of carbonyl (C=O) groups is 4.